The molecule has 1 N–H and O–H groups in total. The Balaban J connectivity index is 1.79. The highest BCUT2D eigenvalue weighted by Gasteiger charge is 2.23. The van der Waals surface area contributed by atoms with E-state index in [4.69, 9.17) is 4.98 Å². The molecule has 0 amide bonds. The van der Waals surface area contributed by atoms with Crippen LogP contribution < -0.4 is 10.2 Å². The summed E-state index contributed by atoms with van der Waals surface area (Å²) in [7, 11) is 1.96. The molecule has 0 aliphatic carbocycles. The Labute approximate surface area is 151 Å². The van der Waals surface area contributed by atoms with E-state index in [1.54, 1.807) is 17.7 Å². The van der Waals surface area contributed by atoms with Gasteiger partial charge in [0.25, 0.3) is 0 Å². The quantitative estimate of drug-likeness (QED) is 0.762. The van der Waals surface area contributed by atoms with E-state index >= 15 is 0 Å². The average Bonchev–Trinajstić information content (AvgIpc) is 3.16. The summed E-state index contributed by atoms with van der Waals surface area (Å²) in [6.45, 7) is 8.26. The summed E-state index contributed by atoms with van der Waals surface area (Å²) in [6, 6.07) is 0. The zero-order chi connectivity index (χ0) is 17.4. The second-order valence-corrected chi connectivity index (χ2v) is 8.19. The summed E-state index contributed by atoms with van der Waals surface area (Å²) in [5.41, 5.74) is 2.65. The minimum absolute atomic E-state index is 0.554. The smallest absolute Gasteiger partial charge is 0.141 e. The lowest BCUT2D eigenvalue weighted by Gasteiger charge is -2.26. The van der Waals surface area contributed by atoms with E-state index < -0.39 is 0 Å². The molecule has 0 bridgehead atoms. The molecule has 0 atom stereocenters. The van der Waals surface area contributed by atoms with Gasteiger partial charge in [-0.15, -0.1) is 11.3 Å². The highest BCUT2D eigenvalue weighted by atomic mass is 32.1. The lowest BCUT2D eigenvalue weighted by molar-refractivity contribution is 0.605. The molecule has 0 aromatic carbocycles. The van der Waals surface area contributed by atoms with E-state index in [2.05, 4.69) is 40.3 Å². The molecule has 0 radical (unpaired) electrons. The van der Waals surface area contributed by atoms with Crippen LogP contribution in [0, 0.1) is 5.92 Å². The topological polar surface area (TPSA) is 58.9 Å². The predicted octanol–water partition coefficient (Wildman–Crippen LogP) is 2.73. The third-order valence-electron chi connectivity index (χ3n) is 4.50. The van der Waals surface area contributed by atoms with Gasteiger partial charge >= 0.3 is 0 Å². The van der Waals surface area contributed by atoms with Crippen molar-refractivity contribution in [2.75, 3.05) is 18.0 Å². The Bertz CT molecular complexity index is 881. The van der Waals surface area contributed by atoms with E-state index in [1.807, 2.05) is 17.9 Å². The highest BCUT2D eigenvalue weighted by molar-refractivity contribution is 7.19. The van der Waals surface area contributed by atoms with Crippen molar-refractivity contribution >= 4 is 27.4 Å². The molecule has 0 spiro atoms. The molecule has 0 saturated heterocycles. The number of aromatic nitrogens is 4. The maximum absolute atomic E-state index is 4.72. The van der Waals surface area contributed by atoms with Crippen molar-refractivity contribution in [3.05, 3.63) is 34.7 Å². The van der Waals surface area contributed by atoms with Crippen molar-refractivity contribution in [1.29, 1.82) is 0 Å². The van der Waals surface area contributed by atoms with Crippen LogP contribution in [-0.4, -0.2) is 32.8 Å². The molecule has 0 saturated carbocycles. The lowest BCUT2D eigenvalue weighted by atomic mass is 10.1. The largest absolute Gasteiger partial charge is 0.351 e. The number of nitrogens with zero attached hydrogens (tertiary/aromatic N) is 5. The molecule has 4 heterocycles. The zero-order valence-electron chi connectivity index (χ0n) is 15.0. The summed E-state index contributed by atoms with van der Waals surface area (Å²) in [4.78, 5) is 14.2. The first-order valence-corrected chi connectivity index (χ1v) is 9.62. The van der Waals surface area contributed by atoms with Crippen molar-refractivity contribution in [1.82, 2.24) is 25.1 Å². The highest BCUT2D eigenvalue weighted by Crippen LogP contribution is 2.37. The number of hydrogen-bond acceptors (Lipinski definition) is 6. The SMILES string of the molecule is CC(C)CN(Cc1cnn(C)c1)c1ncnc2sc3c(c12)CCNC3. The molecule has 7 heteroatoms. The van der Waals surface area contributed by atoms with Gasteiger partial charge in [-0.25, -0.2) is 9.97 Å². The van der Waals surface area contributed by atoms with Crippen molar-refractivity contribution in [3.63, 3.8) is 0 Å². The summed E-state index contributed by atoms with van der Waals surface area (Å²) in [6.07, 6.45) is 6.79. The molecule has 1 aliphatic rings. The molecule has 3 aromatic rings. The first kappa shape index (κ1) is 16.5. The van der Waals surface area contributed by atoms with E-state index in [-0.39, 0.29) is 0 Å². The monoisotopic (exact) mass is 356 g/mol. The molecular weight excluding hydrogens is 332 g/mol. The Morgan fingerprint density at radius 2 is 2.24 bits per heavy atom. The van der Waals surface area contributed by atoms with Crippen LogP contribution in [0.5, 0.6) is 0 Å². The number of nitrogens with one attached hydrogen (secondary N) is 1. The third-order valence-corrected chi connectivity index (χ3v) is 5.64. The minimum atomic E-state index is 0.554. The molecule has 132 valence electrons. The van der Waals surface area contributed by atoms with Crippen LogP contribution in [-0.2, 0) is 26.6 Å². The van der Waals surface area contributed by atoms with Crippen molar-refractivity contribution < 1.29 is 0 Å². The van der Waals surface area contributed by atoms with Crippen LogP contribution in [0.15, 0.2) is 18.7 Å². The second kappa shape index (κ2) is 6.72. The summed E-state index contributed by atoms with van der Waals surface area (Å²) in [5.74, 6) is 1.62. The lowest BCUT2D eigenvalue weighted by Crippen LogP contribution is -2.28. The third kappa shape index (κ3) is 3.26. The molecule has 0 unspecified atom stereocenters. The molecule has 6 nitrogen and oxygen atoms in total. The molecule has 25 heavy (non-hydrogen) atoms. The van der Waals surface area contributed by atoms with Crippen LogP contribution in [0.1, 0.15) is 29.9 Å². The number of rotatable bonds is 5. The van der Waals surface area contributed by atoms with Gasteiger partial charge in [0, 0.05) is 43.3 Å². The van der Waals surface area contributed by atoms with Gasteiger partial charge in [0.2, 0.25) is 0 Å². The first-order valence-electron chi connectivity index (χ1n) is 8.80. The molecular formula is C18H24N6S. The van der Waals surface area contributed by atoms with Crippen LogP contribution >= 0.6 is 11.3 Å². The normalized spacial score (nSPS) is 14.2. The summed E-state index contributed by atoms with van der Waals surface area (Å²) in [5, 5.41) is 9.04. The standard InChI is InChI=1S/C18H24N6S/c1-12(2)8-24(10-13-6-22-23(3)9-13)17-16-14-4-5-19-7-15(14)25-18(16)21-11-20-17/h6,9,11-12,19H,4-5,7-8,10H2,1-3H3. The van der Waals surface area contributed by atoms with Crippen molar-refractivity contribution in [2.45, 2.75) is 33.4 Å². The van der Waals surface area contributed by atoms with Gasteiger partial charge in [0.05, 0.1) is 11.6 Å². The number of thiophene rings is 1. The maximum atomic E-state index is 4.72. The molecule has 4 rings (SSSR count). The van der Waals surface area contributed by atoms with E-state index in [9.17, 15) is 0 Å². The van der Waals surface area contributed by atoms with Gasteiger partial charge < -0.3 is 10.2 Å². The fraction of sp³-hybridized carbons (Fsp3) is 0.500. The van der Waals surface area contributed by atoms with E-state index in [0.29, 0.717) is 5.92 Å². The number of anilines is 1. The van der Waals surface area contributed by atoms with Crippen LogP contribution in [0.4, 0.5) is 5.82 Å². The number of fused-ring (bicyclic) bond motifs is 3. The van der Waals surface area contributed by atoms with Gasteiger partial charge in [-0.05, 0) is 24.4 Å². The minimum Gasteiger partial charge on any atom is -0.351 e. The summed E-state index contributed by atoms with van der Waals surface area (Å²) < 4.78 is 1.86. The predicted molar refractivity (Wildman–Crippen MR) is 102 cm³/mol. The first-order chi connectivity index (χ1) is 12.1. The van der Waals surface area contributed by atoms with Crippen LogP contribution in [0.2, 0.25) is 0 Å². The number of hydrogen-bond donors (Lipinski definition) is 1. The van der Waals surface area contributed by atoms with E-state index in [1.165, 1.54) is 21.4 Å². The van der Waals surface area contributed by atoms with Gasteiger partial charge in [-0.2, -0.15) is 5.10 Å². The van der Waals surface area contributed by atoms with Gasteiger partial charge in [0.15, 0.2) is 0 Å². The van der Waals surface area contributed by atoms with Gasteiger partial charge in [0.1, 0.15) is 17.0 Å². The van der Waals surface area contributed by atoms with Gasteiger partial charge in [-0.1, -0.05) is 13.8 Å². The second-order valence-electron chi connectivity index (χ2n) is 7.10. The van der Waals surface area contributed by atoms with Crippen LogP contribution in [0.3, 0.4) is 0 Å². The summed E-state index contributed by atoms with van der Waals surface area (Å²) >= 11 is 1.80. The Morgan fingerprint density at radius 3 is 3.00 bits per heavy atom. The zero-order valence-corrected chi connectivity index (χ0v) is 15.8. The average molecular weight is 356 g/mol. The van der Waals surface area contributed by atoms with Crippen molar-refractivity contribution in [2.24, 2.45) is 13.0 Å². The number of aryl methyl sites for hydroxylation is 1. The molecule has 0 fully saturated rings. The Morgan fingerprint density at radius 1 is 1.36 bits per heavy atom. The molecule has 1 aliphatic heterocycles. The van der Waals surface area contributed by atoms with Gasteiger partial charge in [-0.3, -0.25) is 4.68 Å². The maximum Gasteiger partial charge on any atom is 0.141 e. The molecule has 3 aromatic heterocycles. The Hall–Kier alpha value is -1.99. The van der Waals surface area contributed by atoms with Crippen LogP contribution in [0.25, 0.3) is 10.2 Å². The van der Waals surface area contributed by atoms with Crippen molar-refractivity contribution in [3.8, 4) is 0 Å². The fourth-order valence-corrected chi connectivity index (χ4v) is 4.67. The Kier molecular flexibility index (Phi) is 4.43. The van der Waals surface area contributed by atoms with E-state index in [0.717, 1.165) is 43.2 Å². The fourth-order valence-electron chi connectivity index (χ4n) is 3.52.